The number of nitriles is 1. The van der Waals surface area contributed by atoms with Crippen LogP contribution in [0.1, 0.15) is 41.6 Å². The number of hydrogen-bond acceptors (Lipinski definition) is 4. The standard InChI is InChI=1S/C16H17N3S/c1-10-7-8-20-15(10)14-11-5-3-2-4-6-13(11)19-16(18)12(14)9-17/h7-8H,2-6H2,1H3,(H2,18,19). The van der Waals surface area contributed by atoms with E-state index < -0.39 is 0 Å². The number of pyridine rings is 1. The fourth-order valence-electron chi connectivity index (χ4n) is 2.93. The number of nitrogens with zero attached hydrogens (tertiary/aromatic N) is 2. The molecule has 0 radical (unpaired) electrons. The van der Waals surface area contributed by atoms with Crippen molar-refractivity contribution in [2.75, 3.05) is 5.73 Å². The number of rotatable bonds is 1. The topological polar surface area (TPSA) is 62.7 Å². The summed E-state index contributed by atoms with van der Waals surface area (Å²) in [6.07, 6.45) is 5.53. The van der Waals surface area contributed by atoms with Crippen LogP contribution in [0.3, 0.4) is 0 Å². The van der Waals surface area contributed by atoms with Crippen molar-refractivity contribution in [1.82, 2.24) is 4.98 Å². The number of hydrogen-bond donors (Lipinski definition) is 1. The molecule has 4 heteroatoms. The van der Waals surface area contributed by atoms with E-state index in [1.165, 1.54) is 28.8 Å². The molecule has 0 aromatic carbocycles. The van der Waals surface area contributed by atoms with Crippen LogP contribution in [0.15, 0.2) is 11.4 Å². The summed E-state index contributed by atoms with van der Waals surface area (Å²) >= 11 is 1.69. The first kappa shape index (κ1) is 13.1. The highest BCUT2D eigenvalue weighted by Gasteiger charge is 2.22. The van der Waals surface area contributed by atoms with Crippen molar-refractivity contribution in [3.8, 4) is 16.5 Å². The van der Waals surface area contributed by atoms with Gasteiger partial charge in [0.15, 0.2) is 0 Å². The van der Waals surface area contributed by atoms with Gasteiger partial charge in [0, 0.05) is 16.1 Å². The van der Waals surface area contributed by atoms with Crippen molar-refractivity contribution in [2.24, 2.45) is 0 Å². The molecule has 2 aromatic rings. The molecular formula is C16H17N3S. The number of nitrogens with two attached hydrogens (primary N) is 1. The lowest BCUT2D eigenvalue weighted by Gasteiger charge is -2.15. The Hall–Kier alpha value is -1.86. The van der Waals surface area contributed by atoms with Crippen LogP contribution in [0, 0.1) is 18.3 Å². The van der Waals surface area contributed by atoms with Gasteiger partial charge >= 0.3 is 0 Å². The fourth-order valence-corrected chi connectivity index (χ4v) is 3.94. The van der Waals surface area contributed by atoms with Crippen molar-refractivity contribution in [1.29, 1.82) is 5.26 Å². The summed E-state index contributed by atoms with van der Waals surface area (Å²) in [4.78, 5) is 5.68. The summed E-state index contributed by atoms with van der Waals surface area (Å²) < 4.78 is 0. The van der Waals surface area contributed by atoms with Crippen molar-refractivity contribution in [3.05, 3.63) is 33.8 Å². The van der Waals surface area contributed by atoms with E-state index >= 15 is 0 Å². The predicted octanol–water partition coefficient (Wildman–Crippen LogP) is 3.84. The molecule has 0 spiro atoms. The molecule has 3 nitrogen and oxygen atoms in total. The molecule has 2 heterocycles. The molecule has 1 aliphatic rings. The van der Waals surface area contributed by atoms with Gasteiger partial charge in [-0.2, -0.15) is 5.26 Å². The zero-order valence-corrected chi connectivity index (χ0v) is 12.4. The van der Waals surface area contributed by atoms with Crippen molar-refractivity contribution in [2.45, 2.75) is 39.0 Å². The monoisotopic (exact) mass is 283 g/mol. The van der Waals surface area contributed by atoms with E-state index in [0.717, 1.165) is 30.5 Å². The lowest BCUT2D eigenvalue weighted by Crippen LogP contribution is -2.06. The van der Waals surface area contributed by atoms with Crippen LogP contribution in [0.5, 0.6) is 0 Å². The summed E-state index contributed by atoms with van der Waals surface area (Å²) in [5, 5.41) is 11.6. The first-order valence-electron chi connectivity index (χ1n) is 6.98. The fraction of sp³-hybridized carbons (Fsp3) is 0.375. The van der Waals surface area contributed by atoms with Crippen LogP contribution in [0.25, 0.3) is 10.4 Å². The van der Waals surface area contributed by atoms with Gasteiger partial charge in [-0.3, -0.25) is 0 Å². The van der Waals surface area contributed by atoms with Crippen molar-refractivity contribution >= 4 is 17.2 Å². The molecule has 0 fully saturated rings. The lowest BCUT2D eigenvalue weighted by atomic mass is 9.95. The number of aromatic nitrogens is 1. The molecule has 0 saturated carbocycles. The Kier molecular flexibility index (Phi) is 3.45. The highest BCUT2D eigenvalue weighted by atomic mass is 32.1. The van der Waals surface area contributed by atoms with Gasteiger partial charge in [0.05, 0.1) is 0 Å². The highest BCUT2D eigenvalue weighted by molar-refractivity contribution is 7.13. The largest absolute Gasteiger partial charge is 0.383 e. The van der Waals surface area contributed by atoms with E-state index in [9.17, 15) is 5.26 Å². The Morgan fingerprint density at radius 2 is 2.10 bits per heavy atom. The molecule has 102 valence electrons. The average Bonchev–Trinajstić information content (AvgIpc) is 2.71. The first-order valence-corrected chi connectivity index (χ1v) is 7.86. The molecule has 3 rings (SSSR count). The summed E-state index contributed by atoms with van der Waals surface area (Å²) in [7, 11) is 0. The van der Waals surface area contributed by atoms with E-state index in [1.54, 1.807) is 11.3 Å². The molecule has 1 aliphatic carbocycles. The number of fused-ring (bicyclic) bond motifs is 1. The zero-order valence-electron chi connectivity index (χ0n) is 11.6. The van der Waals surface area contributed by atoms with Crippen LogP contribution in [0.4, 0.5) is 5.82 Å². The normalized spacial score (nSPS) is 14.4. The van der Waals surface area contributed by atoms with Crippen LogP contribution >= 0.6 is 11.3 Å². The predicted molar refractivity (Wildman–Crippen MR) is 82.7 cm³/mol. The second-order valence-corrected chi connectivity index (χ2v) is 6.19. The molecule has 0 atom stereocenters. The van der Waals surface area contributed by atoms with E-state index in [1.807, 2.05) is 0 Å². The molecule has 0 aliphatic heterocycles. The third kappa shape index (κ3) is 2.08. The summed E-state index contributed by atoms with van der Waals surface area (Å²) in [6.45, 7) is 2.09. The van der Waals surface area contributed by atoms with E-state index in [0.29, 0.717) is 11.4 Å². The van der Waals surface area contributed by atoms with E-state index in [-0.39, 0.29) is 0 Å². The molecule has 0 saturated heterocycles. The van der Waals surface area contributed by atoms with E-state index in [4.69, 9.17) is 5.73 Å². The summed E-state index contributed by atoms with van der Waals surface area (Å²) in [6, 6.07) is 4.37. The van der Waals surface area contributed by atoms with E-state index in [2.05, 4.69) is 29.4 Å². The Morgan fingerprint density at radius 3 is 2.80 bits per heavy atom. The second-order valence-electron chi connectivity index (χ2n) is 5.28. The Balaban J connectivity index is 2.33. The Labute approximate surface area is 123 Å². The summed E-state index contributed by atoms with van der Waals surface area (Å²) in [5.74, 6) is 0.385. The van der Waals surface area contributed by atoms with Gasteiger partial charge in [-0.1, -0.05) is 6.42 Å². The van der Waals surface area contributed by atoms with Gasteiger partial charge in [0.1, 0.15) is 17.5 Å². The maximum absolute atomic E-state index is 9.50. The van der Waals surface area contributed by atoms with Gasteiger partial charge in [0.2, 0.25) is 0 Å². The van der Waals surface area contributed by atoms with Gasteiger partial charge in [0.25, 0.3) is 0 Å². The Morgan fingerprint density at radius 1 is 1.30 bits per heavy atom. The molecule has 2 aromatic heterocycles. The highest BCUT2D eigenvalue weighted by Crippen LogP contribution is 2.39. The Bertz CT molecular complexity index is 694. The smallest absolute Gasteiger partial charge is 0.142 e. The van der Waals surface area contributed by atoms with Crippen molar-refractivity contribution in [3.63, 3.8) is 0 Å². The van der Waals surface area contributed by atoms with Crippen LogP contribution in [-0.4, -0.2) is 4.98 Å². The third-order valence-corrected chi connectivity index (χ3v) is 4.99. The summed E-state index contributed by atoms with van der Waals surface area (Å²) in [5.41, 5.74) is 11.2. The van der Waals surface area contributed by atoms with Gasteiger partial charge in [-0.25, -0.2) is 4.98 Å². The maximum Gasteiger partial charge on any atom is 0.142 e. The van der Waals surface area contributed by atoms with Crippen LogP contribution in [0.2, 0.25) is 0 Å². The minimum absolute atomic E-state index is 0.385. The molecular weight excluding hydrogens is 266 g/mol. The van der Waals surface area contributed by atoms with Crippen LogP contribution in [-0.2, 0) is 12.8 Å². The lowest BCUT2D eigenvalue weighted by molar-refractivity contribution is 0.709. The molecule has 0 amide bonds. The maximum atomic E-state index is 9.50. The number of thiophene rings is 1. The molecule has 0 bridgehead atoms. The molecule has 20 heavy (non-hydrogen) atoms. The SMILES string of the molecule is Cc1ccsc1-c1c(C#N)c(N)nc2c1CCCCC2. The minimum atomic E-state index is 0.385. The number of anilines is 1. The van der Waals surface area contributed by atoms with Gasteiger partial charge in [-0.15, -0.1) is 11.3 Å². The quantitative estimate of drug-likeness (QED) is 0.809. The minimum Gasteiger partial charge on any atom is -0.383 e. The third-order valence-electron chi connectivity index (χ3n) is 3.95. The first-order chi connectivity index (χ1) is 9.72. The second kappa shape index (κ2) is 5.26. The number of aryl methyl sites for hydroxylation is 2. The number of nitrogen functional groups attached to an aromatic ring is 1. The molecule has 0 unspecified atom stereocenters. The average molecular weight is 283 g/mol. The zero-order chi connectivity index (χ0) is 14.1. The van der Waals surface area contributed by atoms with Gasteiger partial charge in [-0.05, 0) is 55.2 Å². The van der Waals surface area contributed by atoms with Crippen molar-refractivity contribution < 1.29 is 0 Å². The van der Waals surface area contributed by atoms with Crippen LogP contribution < -0.4 is 5.73 Å². The molecule has 2 N–H and O–H groups in total. The van der Waals surface area contributed by atoms with Gasteiger partial charge < -0.3 is 5.73 Å².